The Bertz CT molecular complexity index is 494. The standard InChI is InChI=1S/C11H10Cl2N4S2/c12-8-4-10(16-6-14-8)18-2-1-3-19-11-5-9(13)15-7-17-11/h4-7H,1-3H2. The topological polar surface area (TPSA) is 51.6 Å². The molecule has 19 heavy (non-hydrogen) atoms. The summed E-state index contributed by atoms with van der Waals surface area (Å²) in [6, 6.07) is 3.53. The maximum Gasteiger partial charge on any atom is 0.133 e. The molecular formula is C11H10Cl2N4S2. The zero-order valence-corrected chi connectivity index (χ0v) is 12.9. The minimum Gasteiger partial charge on any atom is -0.230 e. The van der Waals surface area contributed by atoms with Gasteiger partial charge in [0.25, 0.3) is 0 Å². The largest absolute Gasteiger partial charge is 0.230 e. The molecule has 0 spiro atoms. The molecule has 2 rings (SSSR count). The van der Waals surface area contributed by atoms with E-state index in [0.29, 0.717) is 10.3 Å². The van der Waals surface area contributed by atoms with Crippen LogP contribution in [0.3, 0.4) is 0 Å². The molecule has 2 aromatic rings. The summed E-state index contributed by atoms with van der Waals surface area (Å²) in [7, 11) is 0. The zero-order chi connectivity index (χ0) is 13.5. The van der Waals surface area contributed by atoms with Gasteiger partial charge in [0, 0.05) is 23.6 Å². The van der Waals surface area contributed by atoms with Gasteiger partial charge in [-0.2, -0.15) is 0 Å². The van der Waals surface area contributed by atoms with Gasteiger partial charge in [-0.25, -0.2) is 19.9 Å². The maximum atomic E-state index is 5.78. The quantitative estimate of drug-likeness (QED) is 0.455. The Hall–Kier alpha value is -0.560. The van der Waals surface area contributed by atoms with Crippen LogP contribution in [0.25, 0.3) is 0 Å². The predicted molar refractivity (Wildman–Crippen MR) is 80.1 cm³/mol. The summed E-state index contributed by atoms with van der Waals surface area (Å²) >= 11 is 14.9. The average molecular weight is 333 g/mol. The maximum absolute atomic E-state index is 5.78. The van der Waals surface area contributed by atoms with Crippen LogP contribution < -0.4 is 0 Å². The monoisotopic (exact) mass is 332 g/mol. The lowest BCUT2D eigenvalue weighted by Gasteiger charge is -2.01. The fraction of sp³-hybridized carbons (Fsp3) is 0.273. The highest BCUT2D eigenvalue weighted by Crippen LogP contribution is 2.21. The molecular weight excluding hydrogens is 323 g/mol. The first-order valence-electron chi connectivity index (χ1n) is 5.45. The second-order valence-corrected chi connectivity index (χ2v) is 6.41. The van der Waals surface area contributed by atoms with Crippen LogP contribution in [-0.2, 0) is 0 Å². The number of hydrogen-bond donors (Lipinski definition) is 0. The molecule has 0 fully saturated rings. The molecule has 0 saturated carbocycles. The third-order valence-electron chi connectivity index (χ3n) is 2.01. The van der Waals surface area contributed by atoms with Crippen LogP contribution in [0.4, 0.5) is 0 Å². The first kappa shape index (κ1) is 14.8. The number of aromatic nitrogens is 4. The van der Waals surface area contributed by atoms with Gasteiger partial charge < -0.3 is 0 Å². The molecule has 0 amide bonds. The van der Waals surface area contributed by atoms with Crippen molar-refractivity contribution < 1.29 is 0 Å². The summed E-state index contributed by atoms with van der Waals surface area (Å²) in [6.45, 7) is 0. The van der Waals surface area contributed by atoms with Crippen LogP contribution in [0.2, 0.25) is 10.3 Å². The summed E-state index contributed by atoms with van der Waals surface area (Å²) in [5, 5.41) is 2.75. The lowest BCUT2D eigenvalue weighted by atomic mass is 10.6. The first-order chi connectivity index (χ1) is 9.24. The Balaban J connectivity index is 1.67. The highest BCUT2D eigenvalue weighted by Gasteiger charge is 2.00. The van der Waals surface area contributed by atoms with Crippen LogP contribution in [0.15, 0.2) is 34.8 Å². The van der Waals surface area contributed by atoms with E-state index in [1.54, 1.807) is 35.7 Å². The zero-order valence-electron chi connectivity index (χ0n) is 9.79. The lowest BCUT2D eigenvalue weighted by Crippen LogP contribution is -1.89. The van der Waals surface area contributed by atoms with Crippen molar-refractivity contribution in [2.45, 2.75) is 16.5 Å². The van der Waals surface area contributed by atoms with Crippen molar-refractivity contribution in [3.05, 3.63) is 35.1 Å². The number of hydrogen-bond acceptors (Lipinski definition) is 6. The van der Waals surface area contributed by atoms with E-state index in [4.69, 9.17) is 23.2 Å². The Morgan fingerprint density at radius 2 is 1.26 bits per heavy atom. The van der Waals surface area contributed by atoms with Gasteiger partial charge in [0.1, 0.15) is 33.0 Å². The molecule has 0 aromatic carbocycles. The van der Waals surface area contributed by atoms with Gasteiger partial charge in [-0.05, 0) is 6.42 Å². The normalized spacial score (nSPS) is 10.6. The van der Waals surface area contributed by atoms with E-state index < -0.39 is 0 Å². The van der Waals surface area contributed by atoms with Crippen LogP contribution in [0.1, 0.15) is 6.42 Å². The molecule has 100 valence electrons. The smallest absolute Gasteiger partial charge is 0.133 e. The molecule has 0 unspecified atom stereocenters. The molecule has 0 saturated heterocycles. The molecule has 0 atom stereocenters. The molecule has 0 aliphatic rings. The van der Waals surface area contributed by atoms with Crippen molar-refractivity contribution in [1.29, 1.82) is 0 Å². The Labute approximate surface area is 129 Å². The highest BCUT2D eigenvalue weighted by atomic mass is 35.5. The van der Waals surface area contributed by atoms with Crippen LogP contribution in [-0.4, -0.2) is 31.4 Å². The molecule has 0 bridgehead atoms. The molecule has 0 N–H and O–H groups in total. The Morgan fingerprint density at radius 3 is 1.68 bits per heavy atom. The van der Waals surface area contributed by atoms with Crippen molar-refractivity contribution in [3.8, 4) is 0 Å². The third-order valence-corrected chi connectivity index (χ3v) is 4.44. The summed E-state index contributed by atoms with van der Waals surface area (Å²) in [6.07, 6.45) is 3.99. The average Bonchev–Trinajstić information content (AvgIpc) is 2.38. The van der Waals surface area contributed by atoms with Gasteiger partial charge in [-0.1, -0.05) is 23.2 Å². The Kier molecular flexibility index (Phi) is 6.16. The second-order valence-electron chi connectivity index (χ2n) is 3.41. The molecule has 0 aliphatic heterocycles. The fourth-order valence-corrected chi connectivity index (χ4v) is 3.44. The van der Waals surface area contributed by atoms with E-state index in [1.165, 1.54) is 12.7 Å². The predicted octanol–water partition coefficient (Wildman–Crippen LogP) is 3.85. The fourth-order valence-electron chi connectivity index (χ4n) is 1.20. The van der Waals surface area contributed by atoms with Crippen molar-refractivity contribution in [2.75, 3.05) is 11.5 Å². The summed E-state index contributed by atoms with van der Waals surface area (Å²) in [5.41, 5.74) is 0. The molecule has 0 aliphatic carbocycles. The van der Waals surface area contributed by atoms with Crippen LogP contribution in [0, 0.1) is 0 Å². The molecule has 2 aromatic heterocycles. The Morgan fingerprint density at radius 1 is 0.789 bits per heavy atom. The van der Waals surface area contributed by atoms with E-state index in [1.807, 2.05) is 0 Å². The molecule has 8 heteroatoms. The van der Waals surface area contributed by atoms with Gasteiger partial charge in [-0.3, -0.25) is 0 Å². The van der Waals surface area contributed by atoms with Gasteiger partial charge in [0.15, 0.2) is 0 Å². The third kappa shape index (κ3) is 5.52. The summed E-state index contributed by atoms with van der Waals surface area (Å²) in [5.74, 6) is 1.94. The molecule has 2 heterocycles. The van der Waals surface area contributed by atoms with E-state index in [9.17, 15) is 0 Å². The van der Waals surface area contributed by atoms with Gasteiger partial charge in [0.05, 0.1) is 0 Å². The number of nitrogens with zero attached hydrogens (tertiary/aromatic N) is 4. The number of rotatable bonds is 6. The van der Waals surface area contributed by atoms with Gasteiger partial charge >= 0.3 is 0 Å². The van der Waals surface area contributed by atoms with E-state index >= 15 is 0 Å². The van der Waals surface area contributed by atoms with Crippen molar-refractivity contribution in [2.24, 2.45) is 0 Å². The van der Waals surface area contributed by atoms with Crippen molar-refractivity contribution >= 4 is 46.7 Å². The lowest BCUT2D eigenvalue weighted by molar-refractivity contribution is 1.03. The molecule has 0 radical (unpaired) electrons. The molecule has 4 nitrogen and oxygen atoms in total. The van der Waals surface area contributed by atoms with Crippen molar-refractivity contribution in [3.63, 3.8) is 0 Å². The van der Waals surface area contributed by atoms with E-state index in [-0.39, 0.29) is 0 Å². The summed E-state index contributed by atoms with van der Waals surface area (Å²) in [4.78, 5) is 15.9. The highest BCUT2D eigenvalue weighted by molar-refractivity contribution is 8.00. The number of halogens is 2. The van der Waals surface area contributed by atoms with Crippen LogP contribution in [0.5, 0.6) is 0 Å². The SMILES string of the molecule is Clc1cc(SCCCSc2cc(Cl)ncn2)ncn1. The van der Waals surface area contributed by atoms with Gasteiger partial charge in [0.2, 0.25) is 0 Å². The van der Waals surface area contributed by atoms with Crippen molar-refractivity contribution in [1.82, 2.24) is 19.9 Å². The van der Waals surface area contributed by atoms with E-state index in [0.717, 1.165) is 28.0 Å². The van der Waals surface area contributed by atoms with Crippen LogP contribution >= 0.6 is 46.7 Å². The van der Waals surface area contributed by atoms with E-state index in [2.05, 4.69) is 19.9 Å². The summed E-state index contributed by atoms with van der Waals surface area (Å²) < 4.78 is 0. The second kappa shape index (κ2) is 7.89. The number of thioether (sulfide) groups is 2. The van der Waals surface area contributed by atoms with Gasteiger partial charge in [-0.15, -0.1) is 23.5 Å². The first-order valence-corrected chi connectivity index (χ1v) is 8.17. The minimum absolute atomic E-state index is 0.475. The minimum atomic E-state index is 0.475.